The largest absolute Gasteiger partial charge is 0.480 e. The maximum Gasteiger partial charge on any atom is 0.326 e. The van der Waals surface area contributed by atoms with Crippen molar-refractivity contribution in [1.82, 2.24) is 9.80 Å². The molecule has 7 nitrogen and oxygen atoms in total. The number of carbonyl (C=O) groups is 3. The lowest BCUT2D eigenvalue weighted by Crippen LogP contribution is -2.52. The van der Waals surface area contributed by atoms with Crippen molar-refractivity contribution in [3.05, 3.63) is 0 Å². The van der Waals surface area contributed by atoms with Gasteiger partial charge in [0.2, 0.25) is 5.91 Å². The molecule has 0 saturated carbocycles. The van der Waals surface area contributed by atoms with E-state index in [0.717, 1.165) is 25.7 Å². The van der Waals surface area contributed by atoms with Crippen LogP contribution >= 0.6 is 0 Å². The Balaban J connectivity index is 2.08. The number of urea groups is 1. The Morgan fingerprint density at radius 2 is 1.76 bits per heavy atom. The summed E-state index contributed by atoms with van der Waals surface area (Å²) in [6, 6.07) is -1.25. The molecule has 0 spiro atoms. The van der Waals surface area contributed by atoms with Crippen LogP contribution in [0.5, 0.6) is 0 Å². The molecule has 2 rings (SSSR count). The maximum absolute atomic E-state index is 12.7. The van der Waals surface area contributed by atoms with Crippen LogP contribution in [0, 0.1) is 5.92 Å². The minimum atomic E-state index is -0.937. The molecule has 2 atom stereocenters. The molecule has 2 aliphatic heterocycles. The Hall–Kier alpha value is -1.79. The molecule has 0 bridgehead atoms. The van der Waals surface area contributed by atoms with E-state index in [0.29, 0.717) is 32.5 Å². The fourth-order valence-electron chi connectivity index (χ4n) is 3.24. The van der Waals surface area contributed by atoms with Crippen LogP contribution in [0.4, 0.5) is 4.79 Å². The molecule has 0 radical (unpaired) electrons. The summed E-state index contributed by atoms with van der Waals surface area (Å²) in [6.07, 6.45) is 4.54. The molecule has 3 amide bonds. The highest BCUT2D eigenvalue weighted by Crippen LogP contribution is 2.24. The first-order valence-corrected chi connectivity index (χ1v) is 7.58. The van der Waals surface area contributed by atoms with Crippen LogP contribution in [0.2, 0.25) is 0 Å². The molecule has 2 heterocycles. The Morgan fingerprint density at radius 1 is 1.00 bits per heavy atom. The van der Waals surface area contributed by atoms with Crippen LogP contribution in [0.3, 0.4) is 0 Å². The molecule has 21 heavy (non-hydrogen) atoms. The Bertz CT molecular complexity index is 426. The average Bonchev–Trinajstić information content (AvgIpc) is 2.72. The number of nitrogens with zero attached hydrogens (tertiary/aromatic N) is 2. The Morgan fingerprint density at radius 3 is 2.43 bits per heavy atom. The molecule has 0 aromatic rings. The topological polar surface area (TPSA) is 104 Å². The van der Waals surface area contributed by atoms with E-state index in [1.165, 1.54) is 9.80 Å². The maximum atomic E-state index is 12.7. The number of piperidine rings is 1. The van der Waals surface area contributed by atoms with E-state index < -0.39 is 18.0 Å². The number of carboxylic acid groups (broad SMARTS) is 1. The van der Waals surface area contributed by atoms with E-state index in [-0.39, 0.29) is 11.8 Å². The third-order valence-corrected chi connectivity index (χ3v) is 4.40. The average molecular weight is 297 g/mol. The molecule has 2 saturated heterocycles. The van der Waals surface area contributed by atoms with E-state index in [1.807, 2.05) is 0 Å². The highest BCUT2D eigenvalue weighted by molar-refractivity contribution is 5.86. The lowest BCUT2D eigenvalue weighted by molar-refractivity contribution is -0.152. The SMILES string of the molecule is NC(=O)N1CCCC(C(=O)N2CCCCCC2C(=O)O)C1. The molecule has 2 unspecified atom stereocenters. The zero-order valence-electron chi connectivity index (χ0n) is 12.2. The number of hydrogen-bond acceptors (Lipinski definition) is 3. The van der Waals surface area contributed by atoms with Crippen LogP contribution in [0.25, 0.3) is 0 Å². The summed E-state index contributed by atoms with van der Waals surface area (Å²) < 4.78 is 0. The summed E-state index contributed by atoms with van der Waals surface area (Å²) in [7, 11) is 0. The minimum absolute atomic E-state index is 0.143. The molecule has 7 heteroatoms. The van der Waals surface area contributed by atoms with Crippen molar-refractivity contribution in [2.24, 2.45) is 11.7 Å². The zero-order valence-corrected chi connectivity index (χ0v) is 12.2. The number of carboxylic acids is 1. The van der Waals surface area contributed by atoms with E-state index in [2.05, 4.69) is 0 Å². The Kier molecular flexibility index (Phi) is 5.03. The van der Waals surface area contributed by atoms with Gasteiger partial charge in [0.25, 0.3) is 0 Å². The molecule has 3 N–H and O–H groups in total. The van der Waals surface area contributed by atoms with Gasteiger partial charge in [0.15, 0.2) is 0 Å². The predicted octanol–water partition coefficient (Wildman–Crippen LogP) is 0.633. The fourth-order valence-corrected chi connectivity index (χ4v) is 3.24. The second kappa shape index (κ2) is 6.78. The molecule has 0 aromatic carbocycles. The highest BCUT2D eigenvalue weighted by Gasteiger charge is 2.36. The second-order valence-electron chi connectivity index (χ2n) is 5.86. The first-order valence-electron chi connectivity index (χ1n) is 7.58. The summed E-state index contributed by atoms with van der Waals surface area (Å²) in [5.74, 6) is -1.41. The van der Waals surface area contributed by atoms with Crippen molar-refractivity contribution >= 4 is 17.9 Å². The van der Waals surface area contributed by atoms with Crippen LogP contribution in [-0.4, -0.2) is 58.5 Å². The summed E-state index contributed by atoms with van der Waals surface area (Å²) in [5.41, 5.74) is 5.28. The molecular weight excluding hydrogens is 274 g/mol. The van der Waals surface area contributed by atoms with Crippen molar-refractivity contribution in [3.63, 3.8) is 0 Å². The van der Waals surface area contributed by atoms with E-state index in [1.54, 1.807) is 0 Å². The van der Waals surface area contributed by atoms with Crippen molar-refractivity contribution in [3.8, 4) is 0 Å². The second-order valence-corrected chi connectivity index (χ2v) is 5.86. The quantitative estimate of drug-likeness (QED) is 0.780. The van der Waals surface area contributed by atoms with Gasteiger partial charge in [-0.15, -0.1) is 0 Å². The monoisotopic (exact) mass is 297 g/mol. The number of nitrogens with two attached hydrogens (primary N) is 1. The van der Waals surface area contributed by atoms with Gasteiger partial charge in [-0.05, 0) is 25.7 Å². The number of hydrogen-bond donors (Lipinski definition) is 2. The van der Waals surface area contributed by atoms with Gasteiger partial charge in [-0.25, -0.2) is 9.59 Å². The highest BCUT2D eigenvalue weighted by atomic mass is 16.4. The Labute approximate surface area is 124 Å². The zero-order chi connectivity index (χ0) is 15.4. The van der Waals surface area contributed by atoms with E-state index in [9.17, 15) is 19.5 Å². The molecule has 0 aliphatic carbocycles. The number of primary amides is 1. The van der Waals surface area contributed by atoms with Crippen molar-refractivity contribution in [2.75, 3.05) is 19.6 Å². The summed E-state index contributed by atoms with van der Waals surface area (Å²) in [5, 5.41) is 9.34. The first-order chi connectivity index (χ1) is 10.0. The molecule has 118 valence electrons. The van der Waals surface area contributed by atoms with Gasteiger partial charge in [-0.3, -0.25) is 4.79 Å². The van der Waals surface area contributed by atoms with Gasteiger partial charge in [-0.1, -0.05) is 12.8 Å². The summed E-state index contributed by atoms with van der Waals surface area (Å²) in [6.45, 7) is 1.36. The van der Waals surface area contributed by atoms with Gasteiger partial charge in [0.05, 0.1) is 5.92 Å². The van der Waals surface area contributed by atoms with E-state index in [4.69, 9.17) is 5.73 Å². The van der Waals surface area contributed by atoms with Crippen molar-refractivity contribution < 1.29 is 19.5 Å². The normalized spacial score (nSPS) is 27.0. The van der Waals surface area contributed by atoms with Gasteiger partial charge in [0.1, 0.15) is 6.04 Å². The standard InChI is InChI=1S/C14H23N3O4/c15-14(21)16-7-4-5-10(9-16)12(18)17-8-3-1-2-6-11(17)13(19)20/h10-11H,1-9H2,(H2,15,21)(H,19,20). The van der Waals surface area contributed by atoms with Crippen LogP contribution < -0.4 is 5.73 Å². The van der Waals surface area contributed by atoms with Crippen LogP contribution in [0.1, 0.15) is 38.5 Å². The van der Waals surface area contributed by atoms with Crippen molar-refractivity contribution in [2.45, 2.75) is 44.6 Å². The van der Waals surface area contributed by atoms with Crippen LogP contribution in [-0.2, 0) is 9.59 Å². The number of likely N-dealkylation sites (tertiary alicyclic amines) is 2. The summed E-state index contributed by atoms with van der Waals surface area (Å²) >= 11 is 0. The lowest BCUT2D eigenvalue weighted by atomic mass is 9.95. The number of amides is 3. The van der Waals surface area contributed by atoms with Gasteiger partial charge in [-0.2, -0.15) is 0 Å². The third-order valence-electron chi connectivity index (χ3n) is 4.40. The molecule has 2 fully saturated rings. The molecular formula is C14H23N3O4. The van der Waals surface area contributed by atoms with Crippen LogP contribution in [0.15, 0.2) is 0 Å². The van der Waals surface area contributed by atoms with Crippen molar-refractivity contribution in [1.29, 1.82) is 0 Å². The predicted molar refractivity (Wildman–Crippen MR) is 75.5 cm³/mol. The third kappa shape index (κ3) is 3.65. The minimum Gasteiger partial charge on any atom is -0.480 e. The van der Waals surface area contributed by atoms with E-state index >= 15 is 0 Å². The number of rotatable bonds is 2. The fraction of sp³-hybridized carbons (Fsp3) is 0.786. The lowest BCUT2D eigenvalue weighted by Gasteiger charge is -2.35. The van der Waals surface area contributed by atoms with Gasteiger partial charge in [0, 0.05) is 19.6 Å². The molecule has 2 aliphatic rings. The first kappa shape index (κ1) is 15.6. The smallest absolute Gasteiger partial charge is 0.326 e. The van der Waals surface area contributed by atoms with Gasteiger partial charge >= 0.3 is 12.0 Å². The van der Waals surface area contributed by atoms with Gasteiger partial charge < -0.3 is 20.6 Å². The molecule has 0 aromatic heterocycles. The summed E-state index contributed by atoms with van der Waals surface area (Å²) in [4.78, 5) is 38.3. The number of carbonyl (C=O) groups excluding carboxylic acids is 2. The number of aliphatic carboxylic acids is 1.